The van der Waals surface area contributed by atoms with Gasteiger partial charge in [0.15, 0.2) is 6.61 Å². The van der Waals surface area contributed by atoms with Crippen molar-refractivity contribution < 1.29 is 14.3 Å². The molecule has 0 aliphatic rings. The highest BCUT2D eigenvalue weighted by atomic mass is 35.5. The number of carbonyl (C=O) groups is 2. The number of ether oxygens (including phenoxy) is 1. The first-order valence-electron chi connectivity index (χ1n) is 9.01. The number of rotatable bonds is 8. The van der Waals surface area contributed by atoms with Gasteiger partial charge in [-0.3, -0.25) is 4.79 Å². The Hall–Kier alpha value is -2.53. The second kappa shape index (κ2) is 9.97. The predicted molar refractivity (Wildman–Crippen MR) is 108 cm³/mol. The van der Waals surface area contributed by atoms with Crippen LogP contribution in [0.5, 0.6) is 0 Å². The van der Waals surface area contributed by atoms with Crippen molar-refractivity contribution in [2.45, 2.75) is 26.8 Å². The Balaban J connectivity index is 1.85. The molecule has 27 heavy (non-hydrogen) atoms. The Morgan fingerprint density at radius 2 is 1.63 bits per heavy atom. The molecule has 0 aromatic heterocycles. The molecule has 0 aliphatic carbocycles. The summed E-state index contributed by atoms with van der Waals surface area (Å²) in [6.45, 7) is 7.48. The first-order chi connectivity index (χ1) is 12.9. The van der Waals surface area contributed by atoms with Gasteiger partial charge in [-0.1, -0.05) is 23.7 Å². The van der Waals surface area contributed by atoms with Gasteiger partial charge in [0, 0.05) is 23.8 Å². The predicted octanol–water partition coefficient (Wildman–Crippen LogP) is 4.22. The molecule has 0 bridgehead atoms. The van der Waals surface area contributed by atoms with E-state index in [1.807, 2.05) is 31.2 Å². The van der Waals surface area contributed by atoms with Crippen LogP contribution < -0.4 is 10.2 Å². The molecule has 6 heteroatoms. The SMILES string of the molecule is CCN(CC)c1ccc(C(=O)OCC(=O)N[C@@H](C)c2ccc(Cl)cc2)cc1. The minimum absolute atomic E-state index is 0.207. The molecule has 0 unspecified atom stereocenters. The third kappa shape index (κ3) is 6.00. The zero-order valence-electron chi connectivity index (χ0n) is 15.9. The number of hydrogen-bond acceptors (Lipinski definition) is 4. The van der Waals surface area contributed by atoms with Crippen molar-refractivity contribution in [3.05, 3.63) is 64.7 Å². The summed E-state index contributed by atoms with van der Waals surface area (Å²) in [5.74, 6) is -0.874. The van der Waals surface area contributed by atoms with Crippen LogP contribution in [-0.4, -0.2) is 31.6 Å². The van der Waals surface area contributed by atoms with Crippen molar-refractivity contribution in [3.8, 4) is 0 Å². The maximum absolute atomic E-state index is 12.1. The van der Waals surface area contributed by atoms with Gasteiger partial charge in [-0.05, 0) is 62.7 Å². The van der Waals surface area contributed by atoms with Crippen LogP contribution in [0, 0.1) is 0 Å². The van der Waals surface area contributed by atoms with E-state index in [2.05, 4.69) is 24.1 Å². The molecule has 1 N–H and O–H groups in total. The summed E-state index contributed by atoms with van der Waals surface area (Å²) in [7, 11) is 0. The largest absolute Gasteiger partial charge is 0.452 e. The standard InChI is InChI=1S/C21H25ClN2O3/c1-4-24(5-2)19-12-8-17(9-13-19)21(26)27-14-20(25)23-15(3)16-6-10-18(22)11-7-16/h6-13,15H,4-5,14H2,1-3H3,(H,23,25)/t15-/m0/s1. The van der Waals surface area contributed by atoms with E-state index in [1.54, 1.807) is 24.3 Å². The van der Waals surface area contributed by atoms with Crippen LogP contribution in [0.25, 0.3) is 0 Å². The lowest BCUT2D eigenvalue weighted by Crippen LogP contribution is -2.31. The van der Waals surface area contributed by atoms with Gasteiger partial charge in [0.1, 0.15) is 0 Å². The van der Waals surface area contributed by atoms with Gasteiger partial charge in [-0.25, -0.2) is 4.79 Å². The van der Waals surface area contributed by atoms with Crippen molar-refractivity contribution in [1.82, 2.24) is 5.32 Å². The summed E-state index contributed by atoms with van der Waals surface area (Å²) in [6.07, 6.45) is 0. The van der Waals surface area contributed by atoms with E-state index in [9.17, 15) is 9.59 Å². The Kier molecular flexibility index (Phi) is 7.67. The van der Waals surface area contributed by atoms with E-state index in [0.717, 1.165) is 24.3 Å². The van der Waals surface area contributed by atoms with Crippen LogP contribution in [-0.2, 0) is 9.53 Å². The maximum Gasteiger partial charge on any atom is 0.338 e. The number of hydrogen-bond donors (Lipinski definition) is 1. The number of nitrogens with zero attached hydrogens (tertiary/aromatic N) is 1. The highest BCUT2D eigenvalue weighted by Crippen LogP contribution is 2.17. The normalized spacial score (nSPS) is 11.6. The summed E-state index contributed by atoms with van der Waals surface area (Å²) in [5.41, 5.74) is 2.39. The van der Waals surface area contributed by atoms with Gasteiger partial charge in [0.05, 0.1) is 11.6 Å². The van der Waals surface area contributed by atoms with Crippen molar-refractivity contribution in [3.63, 3.8) is 0 Å². The number of nitrogens with one attached hydrogen (secondary N) is 1. The number of anilines is 1. The third-order valence-corrected chi connectivity index (χ3v) is 4.57. The van der Waals surface area contributed by atoms with Gasteiger partial charge in [-0.15, -0.1) is 0 Å². The number of carbonyl (C=O) groups excluding carboxylic acids is 2. The van der Waals surface area contributed by atoms with Crippen molar-refractivity contribution in [2.75, 3.05) is 24.6 Å². The molecule has 1 amide bonds. The summed E-state index contributed by atoms with van der Waals surface area (Å²) >= 11 is 5.86. The Labute approximate surface area is 165 Å². The Bertz CT molecular complexity index is 756. The van der Waals surface area contributed by atoms with E-state index in [-0.39, 0.29) is 18.6 Å². The van der Waals surface area contributed by atoms with E-state index in [4.69, 9.17) is 16.3 Å². The van der Waals surface area contributed by atoms with Crippen LogP contribution in [0.15, 0.2) is 48.5 Å². The molecule has 0 heterocycles. The van der Waals surface area contributed by atoms with Crippen LogP contribution >= 0.6 is 11.6 Å². The summed E-state index contributed by atoms with van der Waals surface area (Å²) in [5, 5.41) is 3.43. The number of amides is 1. The van der Waals surface area contributed by atoms with E-state index >= 15 is 0 Å². The molecule has 1 atom stereocenters. The molecule has 0 saturated heterocycles. The van der Waals surface area contributed by atoms with Gasteiger partial charge < -0.3 is 15.0 Å². The number of halogens is 1. The van der Waals surface area contributed by atoms with Crippen molar-refractivity contribution in [2.24, 2.45) is 0 Å². The first-order valence-corrected chi connectivity index (χ1v) is 9.39. The lowest BCUT2D eigenvalue weighted by Gasteiger charge is -2.21. The lowest BCUT2D eigenvalue weighted by molar-refractivity contribution is -0.124. The molecule has 0 spiro atoms. The van der Waals surface area contributed by atoms with Crippen LogP contribution in [0.2, 0.25) is 5.02 Å². The van der Waals surface area contributed by atoms with Gasteiger partial charge in [0.25, 0.3) is 5.91 Å². The number of benzene rings is 2. The van der Waals surface area contributed by atoms with Crippen LogP contribution in [0.4, 0.5) is 5.69 Å². The molecular weight excluding hydrogens is 364 g/mol. The van der Waals surface area contributed by atoms with E-state index in [0.29, 0.717) is 10.6 Å². The molecule has 2 rings (SSSR count). The zero-order valence-corrected chi connectivity index (χ0v) is 16.6. The summed E-state index contributed by atoms with van der Waals surface area (Å²) in [4.78, 5) is 26.3. The highest BCUT2D eigenvalue weighted by molar-refractivity contribution is 6.30. The fourth-order valence-electron chi connectivity index (χ4n) is 2.73. The zero-order chi connectivity index (χ0) is 19.8. The van der Waals surface area contributed by atoms with Crippen molar-refractivity contribution in [1.29, 1.82) is 0 Å². The second-order valence-corrected chi connectivity index (χ2v) is 6.57. The minimum atomic E-state index is -0.518. The molecule has 2 aromatic rings. The maximum atomic E-state index is 12.1. The molecule has 2 aromatic carbocycles. The monoisotopic (exact) mass is 388 g/mol. The van der Waals surface area contributed by atoms with E-state index < -0.39 is 5.97 Å². The average molecular weight is 389 g/mol. The van der Waals surface area contributed by atoms with E-state index in [1.165, 1.54) is 0 Å². The Morgan fingerprint density at radius 3 is 2.19 bits per heavy atom. The lowest BCUT2D eigenvalue weighted by atomic mass is 10.1. The van der Waals surface area contributed by atoms with Crippen LogP contribution in [0.1, 0.15) is 42.7 Å². The molecule has 5 nitrogen and oxygen atoms in total. The summed E-state index contributed by atoms with van der Waals surface area (Å²) < 4.78 is 5.11. The minimum Gasteiger partial charge on any atom is -0.452 e. The number of esters is 1. The molecule has 0 fully saturated rings. The fraction of sp³-hybridized carbons (Fsp3) is 0.333. The highest BCUT2D eigenvalue weighted by Gasteiger charge is 2.13. The smallest absolute Gasteiger partial charge is 0.338 e. The molecule has 0 aliphatic heterocycles. The van der Waals surface area contributed by atoms with Gasteiger partial charge >= 0.3 is 5.97 Å². The topological polar surface area (TPSA) is 58.6 Å². The average Bonchev–Trinajstić information content (AvgIpc) is 2.68. The Morgan fingerprint density at radius 1 is 1.04 bits per heavy atom. The quantitative estimate of drug-likeness (QED) is 0.688. The molecule has 0 radical (unpaired) electrons. The molecule has 144 valence electrons. The van der Waals surface area contributed by atoms with Gasteiger partial charge in [-0.2, -0.15) is 0 Å². The first kappa shape index (κ1) is 20.8. The molecule has 0 saturated carbocycles. The molecular formula is C21H25ClN2O3. The summed E-state index contributed by atoms with van der Waals surface area (Å²) in [6, 6.07) is 14.2. The fourth-order valence-corrected chi connectivity index (χ4v) is 2.86. The van der Waals surface area contributed by atoms with Crippen molar-refractivity contribution >= 4 is 29.2 Å². The third-order valence-electron chi connectivity index (χ3n) is 4.31. The van der Waals surface area contributed by atoms with Gasteiger partial charge in [0.2, 0.25) is 0 Å². The van der Waals surface area contributed by atoms with Crippen LogP contribution in [0.3, 0.4) is 0 Å². The second-order valence-electron chi connectivity index (χ2n) is 6.14.